The van der Waals surface area contributed by atoms with E-state index in [1.165, 1.54) is 4.90 Å². The third-order valence-corrected chi connectivity index (χ3v) is 7.95. The van der Waals surface area contributed by atoms with Gasteiger partial charge in [-0.05, 0) is 32.1 Å². The van der Waals surface area contributed by atoms with E-state index in [2.05, 4.69) is 36.7 Å². The van der Waals surface area contributed by atoms with E-state index in [0.29, 0.717) is 6.42 Å². The molecule has 0 aromatic heterocycles. The van der Waals surface area contributed by atoms with Crippen LogP contribution < -0.4 is 38.1 Å². The van der Waals surface area contributed by atoms with Crippen molar-refractivity contribution in [1.82, 2.24) is 31.5 Å². The maximum absolute atomic E-state index is 14.0. The van der Waals surface area contributed by atoms with Gasteiger partial charge in [0.25, 0.3) is 5.91 Å². The quantitative estimate of drug-likeness (QED) is 0.0448. The molecule has 3 heterocycles. The summed E-state index contributed by atoms with van der Waals surface area (Å²) in [5.74, 6) is -7.54. The van der Waals surface area contributed by atoms with Crippen LogP contribution in [0.4, 0.5) is 0 Å². The van der Waals surface area contributed by atoms with Gasteiger partial charge < -0.3 is 48.1 Å². The molecule has 3 rings (SSSR count). The summed E-state index contributed by atoms with van der Waals surface area (Å²) in [4.78, 5) is 107. The standard InChI is InChI=1S/C26H39N11O9/c27-26(28)30-7-1-2-14-22(43)32-11-19(40)33-15(9-20(41)42)23(44)35-21-12(10-31-17(38)5-6-18(39)36-29)8-13-3-4-16(24(45)34-14)37(13)25(21)46/h12-16,21,29H,1-11H2,(H,31,38)(H,32,43)(H,33,40)(H,34,45)(H,35,44)(H,41,42)(H4,27,28,30)/t12-,13-,14-,15-,16?,21+/m0/s1. The smallest absolute Gasteiger partial charge is 0.305 e. The lowest BCUT2D eigenvalue weighted by Crippen LogP contribution is -2.65. The van der Waals surface area contributed by atoms with Crippen LogP contribution in [0.25, 0.3) is 0 Å². The fourth-order valence-corrected chi connectivity index (χ4v) is 5.76. The van der Waals surface area contributed by atoms with E-state index in [1.54, 1.807) is 0 Å². The van der Waals surface area contributed by atoms with Gasteiger partial charge in [-0.15, -0.1) is 5.11 Å². The second-order valence-electron chi connectivity index (χ2n) is 11.2. The number of hydrogen-bond acceptors (Lipinski definition) is 10. The number of carboxylic acid groups (broad SMARTS) is 1. The zero-order chi connectivity index (χ0) is 34.0. The van der Waals surface area contributed by atoms with Crippen LogP contribution in [0.1, 0.15) is 51.4 Å². The first kappa shape index (κ1) is 35.3. The molecular formula is C26H39N11O9. The van der Waals surface area contributed by atoms with E-state index in [9.17, 15) is 43.5 Å². The van der Waals surface area contributed by atoms with Crippen LogP contribution in [-0.2, 0) is 38.4 Å². The fourth-order valence-electron chi connectivity index (χ4n) is 5.76. The molecule has 20 nitrogen and oxygen atoms in total. The number of nitrogens with one attached hydrogen (secondary N) is 6. The van der Waals surface area contributed by atoms with Gasteiger partial charge in [0.1, 0.15) is 24.2 Å². The third-order valence-electron chi connectivity index (χ3n) is 7.95. The van der Waals surface area contributed by atoms with Gasteiger partial charge in [-0.25, -0.2) is 5.53 Å². The van der Waals surface area contributed by atoms with Crippen LogP contribution in [0, 0.1) is 11.4 Å². The summed E-state index contributed by atoms with van der Waals surface area (Å²) in [5, 5.41) is 24.5. The van der Waals surface area contributed by atoms with Crippen molar-refractivity contribution in [3.8, 4) is 0 Å². The van der Waals surface area contributed by atoms with Gasteiger partial charge >= 0.3 is 5.97 Å². The lowest BCUT2D eigenvalue weighted by molar-refractivity contribution is -0.149. The molecule has 46 heavy (non-hydrogen) atoms. The summed E-state index contributed by atoms with van der Waals surface area (Å²) in [6.45, 7) is -0.610. The topological polar surface area (TPSA) is 321 Å². The van der Waals surface area contributed by atoms with Crippen LogP contribution in [-0.4, -0.2) is 113 Å². The molecule has 1 unspecified atom stereocenters. The zero-order valence-corrected chi connectivity index (χ0v) is 25.0. The first-order chi connectivity index (χ1) is 21.8. The first-order valence-electron chi connectivity index (χ1n) is 14.7. The lowest BCUT2D eigenvalue weighted by atomic mass is 9.85. The number of carbonyl (C=O) groups excluding carboxylic acids is 7. The van der Waals surface area contributed by atoms with Gasteiger partial charge in [0.2, 0.25) is 35.4 Å². The van der Waals surface area contributed by atoms with Crippen LogP contribution in [0.3, 0.4) is 0 Å². The molecule has 0 spiro atoms. The maximum Gasteiger partial charge on any atom is 0.305 e. The number of nitrogens with two attached hydrogens (primary N) is 2. The Morgan fingerprint density at radius 3 is 2.39 bits per heavy atom. The first-order valence-corrected chi connectivity index (χ1v) is 14.7. The number of fused-ring (bicyclic) bond motifs is 1. The highest BCUT2D eigenvalue weighted by Crippen LogP contribution is 2.35. The minimum Gasteiger partial charge on any atom is -0.481 e. The van der Waals surface area contributed by atoms with E-state index < -0.39 is 96.4 Å². The molecular weight excluding hydrogens is 610 g/mol. The number of amides is 7. The Morgan fingerprint density at radius 1 is 0.978 bits per heavy atom. The number of piperidine rings is 1. The Kier molecular flexibility index (Phi) is 12.5. The van der Waals surface area contributed by atoms with Crippen molar-refractivity contribution in [3.63, 3.8) is 0 Å². The number of guanidine groups is 1. The average molecular weight is 650 g/mol. The van der Waals surface area contributed by atoms with Gasteiger partial charge in [-0.2, -0.15) is 0 Å². The molecule has 0 aromatic rings. The average Bonchev–Trinajstić information content (AvgIpc) is 3.43. The number of rotatable bonds is 11. The SMILES string of the molecule is N=NC(=O)CCC(=O)NC[C@@H]1C[C@@H]2CCC3C(=O)N[C@@H](CCCN=C(N)N)C(=O)NCC(=O)N[C@@H](CC(=O)O)C(=O)N[C@H]1C(=O)N32. The van der Waals surface area contributed by atoms with E-state index in [-0.39, 0.29) is 57.6 Å². The van der Waals surface area contributed by atoms with Crippen molar-refractivity contribution < 1.29 is 43.5 Å². The van der Waals surface area contributed by atoms with Crippen molar-refractivity contribution in [2.24, 2.45) is 27.5 Å². The van der Waals surface area contributed by atoms with Crippen molar-refractivity contribution in [2.45, 2.75) is 81.6 Å². The van der Waals surface area contributed by atoms with Crippen molar-refractivity contribution in [1.29, 1.82) is 5.53 Å². The Hall–Kier alpha value is -5.17. The number of carbonyl (C=O) groups is 8. The predicted molar refractivity (Wildman–Crippen MR) is 155 cm³/mol. The molecule has 252 valence electrons. The normalized spacial score (nSPS) is 26.7. The highest BCUT2D eigenvalue weighted by molar-refractivity contribution is 5.98. The predicted octanol–water partition coefficient (Wildman–Crippen LogP) is -4.07. The van der Waals surface area contributed by atoms with E-state index in [0.717, 1.165) is 0 Å². The van der Waals surface area contributed by atoms with E-state index in [4.69, 9.17) is 17.0 Å². The molecule has 2 bridgehead atoms. The van der Waals surface area contributed by atoms with Crippen LogP contribution in [0.5, 0.6) is 0 Å². The molecule has 3 aliphatic rings. The Morgan fingerprint density at radius 2 is 1.72 bits per heavy atom. The largest absolute Gasteiger partial charge is 0.481 e. The second-order valence-corrected chi connectivity index (χ2v) is 11.2. The summed E-state index contributed by atoms with van der Waals surface area (Å²) >= 11 is 0. The highest BCUT2D eigenvalue weighted by Gasteiger charge is 2.50. The minimum absolute atomic E-state index is 0.0770. The van der Waals surface area contributed by atoms with Gasteiger partial charge in [-0.1, -0.05) is 0 Å². The van der Waals surface area contributed by atoms with E-state index >= 15 is 0 Å². The molecule has 7 amide bonds. The van der Waals surface area contributed by atoms with Crippen molar-refractivity contribution >= 4 is 53.3 Å². The van der Waals surface area contributed by atoms with Crippen LogP contribution in [0.15, 0.2) is 10.1 Å². The number of hydrogen-bond donors (Lipinski definition) is 9. The summed E-state index contributed by atoms with van der Waals surface area (Å²) in [6, 6.07) is -5.55. The molecule has 3 fully saturated rings. The summed E-state index contributed by atoms with van der Waals surface area (Å²) in [7, 11) is 0. The Bertz CT molecular complexity index is 1290. The van der Waals surface area contributed by atoms with Crippen molar-refractivity contribution in [2.75, 3.05) is 19.6 Å². The molecule has 0 radical (unpaired) electrons. The minimum atomic E-state index is -1.63. The number of aliphatic imine (C=N–C) groups is 1. The molecule has 0 saturated carbocycles. The third kappa shape index (κ3) is 9.66. The number of aliphatic carboxylic acids is 1. The lowest BCUT2D eigenvalue weighted by Gasteiger charge is -2.42. The summed E-state index contributed by atoms with van der Waals surface area (Å²) in [5.41, 5.74) is 17.4. The number of nitrogens with zero attached hydrogens (tertiary/aromatic N) is 3. The molecule has 3 saturated heterocycles. The van der Waals surface area contributed by atoms with E-state index in [1.807, 2.05) is 0 Å². The summed E-state index contributed by atoms with van der Waals surface area (Å²) < 4.78 is 0. The van der Waals surface area contributed by atoms with Gasteiger partial charge in [-0.3, -0.25) is 43.3 Å². The highest BCUT2D eigenvalue weighted by atomic mass is 16.4. The molecule has 3 aliphatic heterocycles. The second kappa shape index (κ2) is 16.2. The molecule has 0 aliphatic carbocycles. The Labute approximate surface area is 262 Å². The van der Waals surface area contributed by atoms with Crippen molar-refractivity contribution in [3.05, 3.63) is 0 Å². The van der Waals surface area contributed by atoms with Gasteiger partial charge in [0.05, 0.1) is 13.0 Å². The molecule has 6 atom stereocenters. The maximum atomic E-state index is 14.0. The van der Waals surface area contributed by atoms with Gasteiger partial charge in [0, 0.05) is 37.9 Å². The molecule has 0 aromatic carbocycles. The number of carboxylic acids is 1. The fraction of sp³-hybridized carbons (Fsp3) is 0.654. The van der Waals surface area contributed by atoms with Gasteiger partial charge in [0.15, 0.2) is 5.96 Å². The zero-order valence-electron chi connectivity index (χ0n) is 25.0. The summed E-state index contributed by atoms with van der Waals surface area (Å²) in [6.07, 6.45) is -0.158. The monoisotopic (exact) mass is 649 g/mol. The molecule has 20 heteroatoms. The Balaban J connectivity index is 1.90. The van der Waals surface area contributed by atoms with Crippen LogP contribution in [0.2, 0.25) is 0 Å². The van der Waals surface area contributed by atoms with Crippen LogP contribution >= 0.6 is 0 Å². The molecule has 11 N–H and O–H groups in total.